The molecule has 6 heteroatoms. The van der Waals surface area contributed by atoms with E-state index in [0.717, 1.165) is 35.9 Å². The minimum Gasteiger partial charge on any atom is -0.474 e. The van der Waals surface area contributed by atoms with Gasteiger partial charge in [-0.15, -0.1) is 0 Å². The fourth-order valence-electron chi connectivity index (χ4n) is 2.91. The molecule has 0 aliphatic heterocycles. The molecule has 6 nitrogen and oxygen atoms in total. The lowest BCUT2D eigenvalue weighted by Crippen LogP contribution is -2.36. The van der Waals surface area contributed by atoms with E-state index in [2.05, 4.69) is 25.6 Å². The van der Waals surface area contributed by atoms with Crippen molar-refractivity contribution in [3.05, 3.63) is 54.0 Å². The summed E-state index contributed by atoms with van der Waals surface area (Å²) in [7, 11) is 1.76. The molecule has 2 aromatic heterocycles. The lowest BCUT2D eigenvalue weighted by atomic mass is 10.2. The van der Waals surface area contributed by atoms with Crippen LogP contribution in [0.2, 0.25) is 0 Å². The number of aromatic nitrogens is 2. The van der Waals surface area contributed by atoms with Gasteiger partial charge in [0.25, 0.3) is 0 Å². The van der Waals surface area contributed by atoms with Gasteiger partial charge in [-0.25, -0.2) is 4.98 Å². The van der Waals surface area contributed by atoms with Crippen molar-refractivity contribution in [1.82, 2.24) is 20.6 Å². The van der Waals surface area contributed by atoms with E-state index in [9.17, 15) is 0 Å². The molecule has 0 unspecified atom stereocenters. The van der Waals surface area contributed by atoms with E-state index in [-0.39, 0.29) is 0 Å². The first-order valence-corrected chi connectivity index (χ1v) is 8.80. The SMILES string of the molecule is CN=C(NCc1ccccn1)NCc1cccnc1OC1CCCC1. The van der Waals surface area contributed by atoms with E-state index in [1.165, 1.54) is 12.8 Å². The molecular formula is C19H25N5O. The molecule has 0 aromatic carbocycles. The lowest BCUT2D eigenvalue weighted by molar-refractivity contribution is 0.199. The Labute approximate surface area is 148 Å². The van der Waals surface area contributed by atoms with Gasteiger partial charge >= 0.3 is 0 Å². The summed E-state index contributed by atoms with van der Waals surface area (Å²) in [5, 5.41) is 6.58. The van der Waals surface area contributed by atoms with Gasteiger partial charge < -0.3 is 15.4 Å². The highest BCUT2D eigenvalue weighted by molar-refractivity contribution is 5.79. The second-order valence-corrected chi connectivity index (χ2v) is 6.09. The average Bonchev–Trinajstić information content (AvgIpc) is 3.17. The number of rotatable bonds is 6. The first kappa shape index (κ1) is 17.2. The molecule has 1 fully saturated rings. The van der Waals surface area contributed by atoms with Gasteiger partial charge in [-0.3, -0.25) is 9.98 Å². The van der Waals surface area contributed by atoms with Crippen molar-refractivity contribution in [1.29, 1.82) is 0 Å². The van der Waals surface area contributed by atoms with Crippen LogP contribution in [0.3, 0.4) is 0 Å². The van der Waals surface area contributed by atoms with Crippen molar-refractivity contribution in [3.8, 4) is 5.88 Å². The lowest BCUT2D eigenvalue weighted by Gasteiger charge is -2.16. The van der Waals surface area contributed by atoms with Crippen molar-refractivity contribution in [2.45, 2.75) is 44.9 Å². The normalized spacial score (nSPS) is 15.2. The highest BCUT2D eigenvalue weighted by atomic mass is 16.5. The maximum absolute atomic E-state index is 6.08. The van der Waals surface area contributed by atoms with Crippen molar-refractivity contribution in [2.75, 3.05) is 7.05 Å². The third kappa shape index (κ3) is 5.17. The van der Waals surface area contributed by atoms with E-state index in [0.29, 0.717) is 19.2 Å². The number of hydrogen-bond donors (Lipinski definition) is 2. The van der Waals surface area contributed by atoms with Gasteiger partial charge in [0.05, 0.1) is 12.2 Å². The summed E-state index contributed by atoms with van der Waals surface area (Å²) >= 11 is 0. The van der Waals surface area contributed by atoms with Crippen LogP contribution in [-0.2, 0) is 13.1 Å². The van der Waals surface area contributed by atoms with Crippen LogP contribution in [-0.4, -0.2) is 29.1 Å². The first-order valence-electron chi connectivity index (χ1n) is 8.80. The van der Waals surface area contributed by atoms with E-state index in [4.69, 9.17) is 4.74 Å². The summed E-state index contributed by atoms with van der Waals surface area (Å²) in [6, 6.07) is 9.83. The van der Waals surface area contributed by atoms with Crippen molar-refractivity contribution in [2.24, 2.45) is 4.99 Å². The summed E-state index contributed by atoms with van der Waals surface area (Å²) < 4.78 is 6.08. The Kier molecular flexibility index (Phi) is 6.20. The molecule has 132 valence electrons. The fraction of sp³-hybridized carbons (Fsp3) is 0.421. The number of aliphatic imine (C=N–C) groups is 1. The zero-order valence-electron chi connectivity index (χ0n) is 14.6. The Morgan fingerprint density at radius 3 is 2.64 bits per heavy atom. The van der Waals surface area contributed by atoms with Crippen LogP contribution in [0.4, 0.5) is 0 Å². The summed E-state index contributed by atoms with van der Waals surface area (Å²) in [4.78, 5) is 13.0. The molecule has 0 saturated heterocycles. The second-order valence-electron chi connectivity index (χ2n) is 6.09. The summed E-state index contributed by atoms with van der Waals surface area (Å²) in [6.45, 7) is 1.23. The Morgan fingerprint density at radius 1 is 1.08 bits per heavy atom. The van der Waals surface area contributed by atoms with Gasteiger partial charge in [-0.1, -0.05) is 12.1 Å². The van der Waals surface area contributed by atoms with Crippen LogP contribution in [0.5, 0.6) is 5.88 Å². The van der Waals surface area contributed by atoms with Gasteiger partial charge in [-0.05, 0) is 43.9 Å². The Hall–Kier alpha value is -2.63. The molecule has 1 saturated carbocycles. The van der Waals surface area contributed by atoms with Crippen LogP contribution in [0, 0.1) is 0 Å². The number of guanidine groups is 1. The fourth-order valence-corrected chi connectivity index (χ4v) is 2.91. The third-order valence-electron chi connectivity index (χ3n) is 4.26. The molecule has 2 heterocycles. The van der Waals surface area contributed by atoms with Gasteiger partial charge in [-0.2, -0.15) is 0 Å². The third-order valence-corrected chi connectivity index (χ3v) is 4.26. The molecule has 3 rings (SSSR count). The first-order chi connectivity index (χ1) is 12.3. The number of hydrogen-bond acceptors (Lipinski definition) is 4. The van der Waals surface area contributed by atoms with Crippen LogP contribution in [0.25, 0.3) is 0 Å². The standard InChI is InChI=1S/C19H25N5O/c1-20-19(24-14-16-8-4-5-11-21-16)23-13-15-7-6-12-22-18(15)25-17-9-2-3-10-17/h4-8,11-12,17H,2-3,9-10,13-14H2,1H3,(H2,20,23,24). The highest BCUT2D eigenvalue weighted by Gasteiger charge is 2.18. The number of nitrogens with zero attached hydrogens (tertiary/aromatic N) is 3. The Bertz CT molecular complexity index is 683. The maximum atomic E-state index is 6.08. The van der Waals surface area contributed by atoms with Gasteiger partial charge in [0.15, 0.2) is 5.96 Å². The Balaban J connectivity index is 1.54. The molecule has 2 N–H and O–H groups in total. The summed E-state index contributed by atoms with van der Waals surface area (Å²) in [5.74, 6) is 1.45. The maximum Gasteiger partial charge on any atom is 0.218 e. The summed E-state index contributed by atoms with van der Waals surface area (Å²) in [6.07, 6.45) is 8.60. The van der Waals surface area contributed by atoms with Crippen LogP contribution < -0.4 is 15.4 Å². The minimum atomic E-state index is 0.301. The van der Waals surface area contributed by atoms with Crippen molar-refractivity contribution < 1.29 is 4.74 Å². The van der Waals surface area contributed by atoms with Crippen LogP contribution >= 0.6 is 0 Å². The molecular weight excluding hydrogens is 314 g/mol. The predicted molar refractivity (Wildman–Crippen MR) is 98.4 cm³/mol. The topological polar surface area (TPSA) is 71.4 Å². The largest absolute Gasteiger partial charge is 0.474 e. The molecule has 0 atom stereocenters. The molecule has 1 aliphatic rings. The molecule has 0 radical (unpaired) electrons. The van der Waals surface area contributed by atoms with Crippen molar-refractivity contribution >= 4 is 5.96 Å². The average molecular weight is 339 g/mol. The van der Waals surface area contributed by atoms with Crippen LogP contribution in [0.1, 0.15) is 36.9 Å². The monoisotopic (exact) mass is 339 g/mol. The minimum absolute atomic E-state index is 0.301. The van der Waals surface area contributed by atoms with Gasteiger partial charge in [0.2, 0.25) is 5.88 Å². The molecule has 1 aliphatic carbocycles. The van der Waals surface area contributed by atoms with Gasteiger partial charge in [0.1, 0.15) is 6.10 Å². The molecule has 25 heavy (non-hydrogen) atoms. The van der Waals surface area contributed by atoms with E-state index >= 15 is 0 Å². The smallest absolute Gasteiger partial charge is 0.218 e. The number of nitrogens with one attached hydrogen (secondary N) is 2. The molecule has 0 amide bonds. The predicted octanol–water partition coefficient (Wildman–Crippen LogP) is 2.66. The molecule has 0 spiro atoms. The second kappa shape index (κ2) is 9.01. The molecule has 2 aromatic rings. The summed E-state index contributed by atoms with van der Waals surface area (Å²) in [5.41, 5.74) is 2.01. The quantitative estimate of drug-likeness (QED) is 0.625. The zero-order chi connectivity index (χ0) is 17.3. The van der Waals surface area contributed by atoms with Gasteiger partial charge in [0, 0.05) is 31.5 Å². The van der Waals surface area contributed by atoms with Crippen LogP contribution in [0.15, 0.2) is 47.7 Å². The van der Waals surface area contributed by atoms with Crippen molar-refractivity contribution in [3.63, 3.8) is 0 Å². The number of pyridine rings is 2. The van der Waals surface area contributed by atoms with E-state index in [1.54, 1.807) is 19.4 Å². The molecule has 0 bridgehead atoms. The van der Waals surface area contributed by atoms with E-state index in [1.807, 2.05) is 30.3 Å². The zero-order valence-corrected chi connectivity index (χ0v) is 14.6. The highest BCUT2D eigenvalue weighted by Crippen LogP contribution is 2.24. The Morgan fingerprint density at radius 2 is 1.88 bits per heavy atom. The van der Waals surface area contributed by atoms with E-state index < -0.39 is 0 Å². The number of ether oxygens (including phenoxy) is 1.